The third-order valence-electron chi connectivity index (χ3n) is 3.75. The van der Waals surface area contributed by atoms with Gasteiger partial charge in [0.15, 0.2) is 5.69 Å². The topological polar surface area (TPSA) is 110 Å². The summed E-state index contributed by atoms with van der Waals surface area (Å²) in [6.07, 6.45) is 0. The maximum absolute atomic E-state index is 13.2. The van der Waals surface area contributed by atoms with Crippen molar-refractivity contribution in [2.45, 2.75) is 9.79 Å². The molecule has 27 heavy (non-hydrogen) atoms. The summed E-state index contributed by atoms with van der Waals surface area (Å²) < 4.78 is 52.4. The number of benzene rings is 2. The fourth-order valence-electron chi connectivity index (χ4n) is 2.44. The lowest BCUT2D eigenvalue weighted by molar-refractivity contribution is 0.0691. The summed E-state index contributed by atoms with van der Waals surface area (Å²) in [6, 6.07) is 9.78. The summed E-state index contributed by atoms with van der Waals surface area (Å²) in [5.74, 6) is -2.62. The van der Waals surface area contributed by atoms with Gasteiger partial charge in [-0.3, -0.25) is 0 Å². The lowest BCUT2D eigenvalue weighted by Gasteiger charge is -2.13. The number of rotatable bonds is 4. The number of carboxylic acids is 1. The van der Waals surface area contributed by atoms with Crippen LogP contribution in [0.1, 0.15) is 10.5 Å². The van der Waals surface area contributed by atoms with E-state index < -0.39 is 33.1 Å². The van der Waals surface area contributed by atoms with Crippen molar-refractivity contribution in [2.24, 2.45) is 0 Å². The van der Waals surface area contributed by atoms with E-state index >= 15 is 0 Å². The van der Waals surface area contributed by atoms with Crippen LogP contribution in [0.15, 0.2) is 64.4 Å². The third-order valence-corrected chi connectivity index (χ3v) is 5.53. The number of nitrogen functional groups attached to an aromatic ring is 1. The van der Waals surface area contributed by atoms with Gasteiger partial charge in [-0.25, -0.2) is 27.0 Å². The molecule has 0 aliphatic heterocycles. The van der Waals surface area contributed by atoms with Gasteiger partial charge in [0.1, 0.15) is 16.5 Å². The fourth-order valence-corrected chi connectivity index (χ4v) is 3.89. The number of carboxylic acid groups (broad SMARTS) is 1. The van der Waals surface area contributed by atoms with Gasteiger partial charge in [0.05, 0.1) is 16.3 Å². The van der Waals surface area contributed by atoms with Gasteiger partial charge in [-0.15, -0.1) is 0 Å². The molecular formula is C18H12F2N2O4S. The van der Waals surface area contributed by atoms with Crippen LogP contribution in [-0.4, -0.2) is 24.5 Å². The molecule has 3 rings (SSSR count). The first-order chi connectivity index (χ1) is 12.7. The molecule has 3 N–H and O–H groups in total. The Hall–Kier alpha value is -3.33. The quantitative estimate of drug-likeness (QED) is 0.662. The molecule has 0 saturated carbocycles. The third kappa shape index (κ3) is 3.49. The number of nitrogens with zero attached hydrogens (tertiary/aromatic N) is 1. The number of aromatic carboxylic acids is 1. The Morgan fingerprint density at radius 1 is 0.963 bits per heavy atom. The van der Waals surface area contributed by atoms with Gasteiger partial charge < -0.3 is 10.8 Å². The Morgan fingerprint density at radius 3 is 2.00 bits per heavy atom. The molecule has 0 bridgehead atoms. The molecule has 0 fully saturated rings. The molecule has 0 unspecified atom stereocenters. The predicted octanol–water partition coefficient (Wildman–Crippen LogP) is 3.14. The van der Waals surface area contributed by atoms with E-state index in [0.717, 1.165) is 42.5 Å². The van der Waals surface area contributed by atoms with Crippen molar-refractivity contribution < 1.29 is 27.1 Å². The highest BCUT2D eigenvalue weighted by Gasteiger charge is 2.26. The van der Waals surface area contributed by atoms with Gasteiger partial charge in [-0.1, -0.05) is 0 Å². The minimum atomic E-state index is -4.21. The number of sulfone groups is 1. The maximum atomic E-state index is 13.2. The molecule has 0 saturated heterocycles. The number of hydrogen-bond donors (Lipinski definition) is 2. The Bertz CT molecular complexity index is 1130. The van der Waals surface area contributed by atoms with E-state index in [4.69, 9.17) is 5.73 Å². The summed E-state index contributed by atoms with van der Waals surface area (Å²) in [6.45, 7) is 0. The van der Waals surface area contributed by atoms with Crippen LogP contribution in [0.25, 0.3) is 11.3 Å². The number of halogens is 2. The number of aromatic nitrogens is 1. The average Bonchev–Trinajstić information content (AvgIpc) is 2.62. The predicted molar refractivity (Wildman–Crippen MR) is 92.9 cm³/mol. The number of hydrogen-bond acceptors (Lipinski definition) is 5. The van der Waals surface area contributed by atoms with Crippen LogP contribution >= 0.6 is 0 Å². The summed E-state index contributed by atoms with van der Waals surface area (Å²) in [5, 5.41) is 9.23. The molecule has 0 aliphatic rings. The van der Waals surface area contributed by atoms with Crippen molar-refractivity contribution in [2.75, 3.05) is 5.73 Å². The van der Waals surface area contributed by atoms with E-state index in [9.17, 15) is 27.1 Å². The zero-order valence-electron chi connectivity index (χ0n) is 13.6. The number of carbonyl (C=O) groups is 1. The van der Waals surface area contributed by atoms with E-state index in [1.54, 1.807) is 0 Å². The SMILES string of the molecule is Nc1cc(S(=O)(=O)c2ccc(F)cc2)c(-c2ccc(F)cc2)nc1C(=O)O. The zero-order valence-corrected chi connectivity index (χ0v) is 14.4. The monoisotopic (exact) mass is 390 g/mol. The first-order valence-corrected chi connectivity index (χ1v) is 8.99. The summed E-state index contributed by atoms with van der Waals surface area (Å²) in [5.41, 5.74) is 4.75. The molecule has 0 spiro atoms. The Morgan fingerprint density at radius 2 is 1.48 bits per heavy atom. The molecular weight excluding hydrogens is 378 g/mol. The van der Waals surface area contributed by atoms with Crippen LogP contribution in [0.2, 0.25) is 0 Å². The minimum absolute atomic E-state index is 0.180. The lowest BCUT2D eigenvalue weighted by atomic mass is 10.1. The van der Waals surface area contributed by atoms with E-state index in [1.807, 2.05) is 0 Å². The molecule has 0 aliphatic carbocycles. The molecule has 0 amide bonds. The summed E-state index contributed by atoms with van der Waals surface area (Å²) >= 11 is 0. The molecule has 9 heteroatoms. The Kier molecular flexibility index (Phi) is 4.63. The molecule has 0 atom stereocenters. The molecule has 0 radical (unpaired) electrons. The highest BCUT2D eigenvalue weighted by molar-refractivity contribution is 7.91. The zero-order chi connectivity index (χ0) is 19.8. The van der Waals surface area contributed by atoms with Crippen molar-refractivity contribution in [1.29, 1.82) is 0 Å². The summed E-state index contributed by atoms with van der Waals surface area (Å²) in [4.78, 5) is 14.6. The average molecular weight is 390 g/mol. The highest BCUT2D eigenvalue weighted by atomic mass is 32.2. The van der Waals surface area contributed by atoms with Crippen LogP contribution in [0.3, 0.4) is 0 Å². The van der Waals surface area contributed by atoms with Gasteiger partial charge in [-0.2, -0.15) is 0 Å². The second-order valence-corrected chi connectivity index (χ2v) is 7.46. The minimum Gasteiger partial charge on any atom is -0.476 e. The Labute approximate surface area is 152 Å². The smallest absolute Gasteiger partial charge is 0.356 e. The second kappa shape index (κ2) is 6.76. The first-order valence-electron chi connectivity index (χ1n) is 7.50. The van der Waals surface area contributed by atoms with Gasteiger partial charge >= 0.3 is 5.97 Å². The largest absolute Gasteiger partial charge is 0.476 e. The molecule has 138 valence electrons. The van der Waals surface area contributed by atoms with Gasteiger partial charge in [0.25, 0.3) is 0 Å². The van der Waals surface area contributed by atoms with E-state index in [1.165, 1.54) is 12.1 Å². The fraction of sp³-hybridized carbons (Fsp3) is 0. The second-order valence-electron chi connectivity index (χ2n) is 5.54. The van der Waals surface area contributed by atoms with Crippen molar-refractivity contribution in [1.82, 2.24) is 4.98 Å². The molecule has 2 aromatic carbocycles. The normalized spacial score (nSPS) is 11.3. The number of pyridine rings is 1. The molecule has 1 aromatic heterocycles. The van der Waals surface area contributed by atoms with Crippen molar-refractivity contribution in [3.8, 4) is 11.3 Å². The van der Waals surface area contributed by atoms with Crippen molar-refractivity contribution >= 4 is 21.5 Å². The maximum Gasteiger partial charge on any atom is 0.356 e. The van der Waals surface area contributed by atoms with Gasteiger partial charge in [0.2, 0.25) is 9.84 Å². The van der Waals surface area contributed by atoms with Crippen LogP contribution in [0.4, 0.5) is 14.5 Å². The molecule has 6 nitrogen and oxygen atoms in total. The summed E-state index contributed by atoms with van der Waals surface area (Å²) in [7, 11) is -4.21. The standard InChI is InChI=1S/C18H12F2N2O4S/c19-11-3-1-10(2-4-11)16-15(9-14(21)17(22-16)18(23)24)27(25,26)13-7-5-12(20)6-8-13/h1-9H,21H2,(H,23,24). The van der Waals surface area contributed by atoms with E-state index in [0.29, 0.717) is 0 Å². The Balaban J connectivity index is 2.31. The first kappa shape index (κ1) is 18.5. The van der Waals surface area contributed by atoms with E-state index in [2.05, 4.69) is 4.98 Å². The number of anilines is 1. The van der Waals surface area contributed by atoms with Crippen LogP contribution in [0, 0.1) is 11.6 Å². The van der Waals surface area contributed by atoms with Crippen LogP contribution in [-0.2, 0) is 9.84 Å². The molecule has 3 aromatic rings. The lowest BCUT2D eigenvalue weighted by Crippen LogP contribution is -2.12. The van der Waals surface area contributed by atoms with Crippen LogP contribution in [0.5, 0.6) is 0 Å². The number of nitrogens with two attached hydrogens (primary N) is 1. The van der Waals surface area contributed by atoms with Gasteiger partial charge in [-0.05, 0) is 54.6 Å². The van der Waals surface area contributed by atoms with E-state index in [-0.39, 0.29) is 26.7 Å². The van der Waals surface area contributed by atoms with Crippen LogP contribution < -0.4 is 5.73 Å². The molecule has 1 heterocycles. The highest BCUT2D eigenvalue weighted by Crippen LogP contribution is 2.33. The van der Waals surface area contributed by atoms with Gasteiger partial charge in [0, 0.05) is 5.56 Å². The van der Waals surface area contributed by atoms with Crippen molar-refractivity contribution in [3.63, 3.8) is 0 Å². The van der Waals surface area contributed by atoms with Crippen molar-refractivity contribution in [3.05, 3.63) is 71.9 Å².